The van der Waals surface area contributed by atoms with Gasteiger partial charge in [0.15, 0.2) is 16.8 Å². The molecule has 0 fully saturated rings. The molecule has 1 N–H and O–H groups in total. The van der Waals surface area contributed by atoms with Gasteiger partial charge < -0.3 is 9.84 Å². The molecule has 4 aromatic rings. The minimum atomic E-state index is -0.193. The van der Waals surface area contributed by atoms with E-state index in [0.29, 0.717) is 16.7 Å². The zero-order valence-electron chi connectivity index (χ0n) is 18.5. The van der Waals surface area contributed by atoms with Crippen molar-refractivity contribution >= 4 is 23.5 Å². The highest BCUT2D eigenvalue weighted by molar-refractivity contribution is 7.99. The van der Waals surface area contributed by atoms with Crippen LogP contribution in [-0.4, -0.2) is 31.6 Å². The maximum Gasteiger partial charge on any atom is 0.236 e. The van der Waals surface area contributed by atoms with E-state index < -0.39 is 0 Å². The zero-order valence-corrected chi connectivity index (χ0v) is 19.3. The fourth-order valence-electron chi connectivity index (χ4n) is 3.21. The third-order valence-electron chi connectivity index (χ3n) is 4.88. The number of thioether (sulfide) groups is 1. The SMILES string of the molecule is Cc1cc(NC(=O)CSc2nnc(-c3ccc(C(C)(C)C)cc3)n2-c2ccccc2)no1. The molecule has 2 aromatic heterocycles. The molecule has 164 valence electrons. The van der Waals surface area contributed by atoms with Gasteiger partial charge in [-0.25, -0.2) is 0 Å². The number of carbonyl (C=O) groups excluding carboxylic acids is 1. The highest BCUT2D eigenvalue weighted by Crippen LogP contribution is 2.30. The van der Waals surface area contributed by atoms with E-state index >= 15 is 0 Å². The summed E-state index contributed by atoms with van der Waals surface area (Å²) in [6.45, 7) is 8.34. The molecule has 0 saturated heterocycles. The number of rotatable bonds is 6. The summed E-state index contributed by atoms with van der Waals surface area (Å²) in [4.78, 5) is 12.4. The van der Waals surface area contributed by atoms with Crippen molar-refractivity contribution in [3.63, 3.8) is 0 Å². The maximum absolute atomic E-state index is 12.4. The summed E-state index contributed by atoms with van der Waals surface area (Å²) in [6.07, 6.45) is 0. The first-order chi connectivity index (χ1) is 15.3. The summed E-state index contributed by atoms with van der Waals surface area (Å²) in [5, 5.41) is 16.0. The van der Waals surface area contributed by atoms with E-state index in [1.54, 1.807) is 13.0 Å². The lowest BCUT2D eigenvalue weighted by molar-refractivity contribution is -0.113. The maximum atomic E-state index is 12.4. The molecular weight excluding hydrogens is 422 g/mol. The number of carbonyl (C=O) groups is 1. The van der Waals surface area contributed by atoms with Crippen LogP contribution in [0.1, 0.15) is 32.1 Å². The van der Waals surface area contributed by atoms with Gasteiger partial charge in [-0.1, -0.05) is 80.2 Å². The molecule has 0 aliphatic rings. The first-order valence-electron chi connectivity index (χ1n) is 10.3. The van der Waals surface area contributed by atoms with E-state index in [1.165, 1.54) is 17.3 Å². The van der Waals surface area contributed by atoms with Crippen LogP contribution in [0.4, 0.5) is 5.82 Å². The van der Waals surface area contributed by atoms with Gasteiger partial charge in [-0.2, -0.15) is 0 Å². The number of para-hydroxylation sites is 1. The number of hydrogen-bond acceptors (Lipinski definition) is 6. The third kappa shape index (κ3) is 4.91. The molecule has 2 heterocycles. The highest BCUT2D eigenvalue weighted by atomic mass is 32.2. The summed E-state index contributed by atoms with van der Waals surface area (Å²) in [7, 11) is 0. The van der Waals surface area contributed by atoms with Gasteiger partial charge in [0.25, 0.3) is 0 Å². The van der Waals surface area contributed by atoms with Gasteiger partial charge in [0.05, 0.1) is 5.75 Å². The Balaban J connectivity index is 1.60. The number of nitrogens with one attached hydrogen (secondary N) is 1. The molecule has 2 aromatic carbocycles. The van der Waals surface area contributed by atoms with Crippen LogP contribution in [-0.2, 0) is 10.2 Å². The lowest BCUT2D eigenvalue weighted by Gasteiger charge is -2.19. The van der Waals surface area contributed by atoms with Crippen molar-refractivity contribution in [2.24, 2.45) is 0 Å². The van der Waals surface area contributed by atoms with Crippen molar-refractivity contribution in [1.29, 1.82) is 0 Å². The summed E-state index contributed by atoms with van der Waals surface area (Å²) in [5.41, 5.74) is 3.22. The second kappa shape index (κ2) is 9.00. The Morgan fingerprint density at radius 2 is 1.78 bits per heavy atom. The standard InChI is InChI=1S/C24H25N5O2S/c1-16-14-20(28-31-16)25-21(30)15-32-23-27-26-22(29(23)19-8-6-5-7-9-19)17-10-12-18(13-11-17)24(2,3)4/h5-14H,15H2,1-4H3,(H,25,28,30). The third-order valence-corrected chi connectivity index (χ3v) is 5.81. The lowest BCUT2D eigenvalue weighted by Crippen LogP contribution is -2.14. The fourth-order valence-corrected chi connectivity index (χ4v) is 3.97. The van der Waals surface area contributed by atoms with Crippen LogP contribution in [0.5, 0.6) is 0 Å². The molecular formula is C24H25N5O2S. The predicted molar refractivity (Wildman–Crippen MR) is 126 cm³/mol. The fraction of sp³-hybridized carbons (Fsp3) is 0.250. The van der Waals surface area contributed by atoms with E-state index in [9.17, 15) is 4.79 Å². The predicted octanol–water partition coefficient (Wildman–Crippen LogP) is 5.26. The molecule has 7 nitrogen and oxygen atoms in total. The Hall–Kier alpha value is -3.39. The number of aromatic nitrogens is 4. The van der Waals surface area contributed by atoms with Crippen LogP contribution in [0.2, 0.25) is 0 Å². The molecule has 0 aliphatic heterocycles. The molecule has 0 spiro atoms. The number of amides is 1. The molecule has 0 radical (unpaired) electrons. The van der Waals surface area contributed by atoms with Gasteiger partial charge in [0.1, 0.15) is 5.76 Å². The van der Waals surface area contributed by atoms with Crippen LogP contribution >= 0.6 is 11.8 Å². The lowest BCUT2D eigenvalue weighted by atomic mass is 9.87. The Morgan fingerprint density at radius 1 is 1.06 bits per heavy atom. The zero-order chi connectivity index (χ0) is 22.7. The van der Waals surface area contributed by atoms with E-state index in [1.807, 2.05) is 34.9 Å². The minimum Gasteiger partial charge on any atom is -0.360 e. The number of aryl methyl sites for hydroxylation is 1. The largest absolute Gasteiger partial charge is 0.360 e. The molecule has 0 bridgehead atoms. The van der Waals surface area contributed by atoms with Crippen LogP contribution in [0.25, 0.3) is 17.1 Å². The molecule has 0 aliphatic carbocycles. The van der Waals surface area contributed by atoms with Crippen molar-refractivity contribution in [2.75, 3.05) is 11.1 Å². The molecule has 32 heavy (non-hydrogen) atoms. The Kier molecular flexibility index (Phi) is 6.14. The Morgan fingerprint density at radius 3 is 2.41 bits per heavy atom. The Labute approximate surface area is 191 Å². The second-order valence-corrected chi connectivity index (χ2v) is 9.41. The van der Waals surface area contributed by atoms with E-state index in [-0.39, 0.29) is 17.1 Å². The van der Waals surface area contributed by atoms with Crippen LogP contribution < -0.4 is 5.32 Å². The highest BCUT2D eigenvalue weighted by Gasteiger charge is 2.19. The minimum absolute atomic E-state index is 0.0718. The normalized spacial score (nSPS) is 11.5. The van der Waals surface area contributed by atoms with Gasteiger partial charge in [0, 0.05) is 17.3 Å². The summed E-state index contributed by atoms with van der Waals surface area (Å²) in [5.74, 6) is 1.74. The summed E-state index contributed by atoms with van der Waals surface area (Å²) >= 11 is 1.32. The van der Waals surface area contributed by atoms with Crippen molar-refractivity contribution in [3.05, 3.63) is 72.0 Å². The van der Waals surface area contributed by atoms with Crippen LogP contribution in [0.15, 0.2) is 70.3 Å². The van der Waals surface area contributed by atoms with Crippen LogP contribution in [0, 0.1) is 6.92 Å². The van der Waals surface area contributed by atoms with Crippen LogP contribution in [0.3, 0.4) is 0 Å². The molecule has 1 amide bonds. The van der Waals surface area contributed by atoms with Crippen molar-refractivity contribution < 1.29 is 9.32 Å². The number of anilines is 1. The topological polar surface area (TPSA) is 85.8 Å². The van der Waals surface area contributed by atoms with Crippen molar-refractivity contribution in [1.82, 2.24) is 19.9 Å². The number of nitrogens with zero attached hydrogens (tertiary/aromatic N) is 4. The second-order valence-electron chi connectivity index (χ2n) is 8.46. The Bertz CT molecular complexity index is 1210. The first kappa shape index (κ1) is 21.8. The summed E-state index contributed by atoms with van der Waals surface area (Å²) in [6, 6.07) is 20.0. The average molecular weight is 448 g/mol. The van der Waals surface area contributed by atoms with Crippen molar-refractivity contribution in [3.8, 4) is 17.1 Å². The monoisotopic (exact) mass is 447 g/mol. The van der Waals surface area contributed by atoms with Gasteiger partial charge in [-0.15, -0.1) is 10.2 Å². The molecule has 0 atom stereocenters. The van der Waals surface area contributed by atoms with Gasteiger partial charge in [-0.05, 0) is 30.0 Å². The van der Waals surface area contributed by atoms with E-state index in [0.717, 1.165) is 17.1 Å². The van der Waals surface area contributed by atoms with Gasteiger partial charge >= 0.3 is 0 Å². The number of hydrogen-bond donors (Lipinski definition) is 1. The average Bonchev–Trinajstić information content (AvgIpc) is 3.38. The van der Waals surface area contributed by atoms with E-state index in [2.05, 4.69) is 65.7 Å². The van der Waals surface area contributed by atoms with E-state index in [4.69, 9.17) is 4.52 Å². The molecule has 0 unspecified atom stereocenters. The molecule has 8 heteroatoms. The van der Waals surface area contributed by atoms with Crippen molar-refractivity contribution in [2.45, 2.75) is 38.3 Å². The quantitative estimate of drug-likeness (QED) is 0.406. The molecule has 4 rings (SSSR count). The van der Waals surface area contributed by atoms with Gasteiger partial charge in [0.2, 0.25) is 5.91 Å². The summed E-state index contributed by atoms with van der Waals surface area (Å²) < 4.78 is 6.97. The first-order valence-corrected chi connectivity index (χ1v) is 11.3. The number of benzene rings is 2. The smallest absolute Gasteiger partial charge is 0.236 e. The van der Waals surface area contributed by atoms with Gasteiger partial charge in [-0.3, -0.25) is 9.36 Å². The molecule has 0 saturated carbocycles.